The zero-order chi connectivity index (χ0) is 22.1. The van der Waals surface area contributed by atoms with Crippen molar-refractivity contribution in [2.24, 2.45) is 11.8 Å². The van der Waals surface area contributed by atoms with E-state index in [-0.39, 0.29) is 12.2 Å². The summed E-state index contributed by atoms with van der Waals surface area (Å²) in [5.41, 5.74) is 6.12. The van der Waals surface area contributed by atoms with Crippen molar-refractivity contribution < 1.29 is 32.7 Å². The highest BCUT2D eigenvalue weighted by Crippen LogP contribution is 2.36. The summed E-state index contributed by atoms with van der Waals surface area (Å²) in [6.45, 7) is 0. The van der Waals surface area contributed by atoms with Crippen molar-refractivity contribution in [3.63, 3.8) is 0 Å². The second-order valence-electron chi connectivity index (χ2n) is 7.76. The maximum absolute atomic E-state index is 13.6. The fourth-order valence-corrected chi connectivity index (χ4v) is 4.27. The average molecular weight is 428 g/mol. The number of urea groups is 1. The van der Waals surface area contributed by atoms with Crippen molar-refractivity contribution in [2.45, 2.75) is 56.8 Å². The van der Waals surface area contributed by atoms with Gasteiger partial charge in [0.05, 0.1) is 5.92 Å². The number of aliphatic carboxylic acids is 1. The smallest absolute Gasteiger partial charge is 0.408 e. The van der Waals surface area contributed by atoms with Crippen molar-refractivity contribution in [1.82, 2.24) is 15.2 Å². The normalized spacial score (nSPS) is 23.6. The molecule has 30 heavy (non-hydrogen) atoms. The van der Waals surface area contributed by atoms with Crippen LogP contribution in [-0.4, -0.2) is 51.2 Å². The molecule has 164 valence electrons. The van der Waals surface area contributed by atoms with Crippen molar-refractivity contribution in [2.75, 3.05) is 5.73 Å². The van der Waals surface area contributed by atoms with Gasteiger partial charge in [0.1, 0.15) is 11.9 Å². The first-order chi connectivity index (χ1) is 14.1. The van der Waals surface area contributed by atoms with Gasteiger partial charge in [0.15, 0.2) is 6.04 Å². The summed E-state index contributed by atoms with van der Waals surface area (Å²) in [6.07, 6.45) is -0.598. The van der Waals surface area contributed by atoms with E-state index >= 15 is 0 Å². The zero-order valence-corrected chi connectivity index (χ0v) is 16.1. The van der Waals surface area contributed by atoms with Crippen molar-refractivity contribution in [3.05, 3.63) is 23.9 Å². The molecule has 3 atom stereocenters. The van der Waals surface area contributed by atoms with Crippen LogP contribution in [0, 0.1) is 11.8 Å². The monoisotopic (exact) mass is 428 g/mol. The van der Waals surface area contributed by atoms with E-state index in [1.54, 1.807) is 6.07 Å². The zero-order valence-electron chi connectivity index (χ0n) is 16.1. The minimum atomic E-state index is -4.70. The first kappa shape index (κ1) is 21.8. The topological polar surface area (TPSA) is 126 Å². The molecular weight excluding hydrogens is 405 g/mol. The number of hydrogen-bond acceptors (Lipinski definition) is 5. The van der Waals surface area contributed by atoms with Gasteiger partial charge in [-0.3, -0.25) is 4.79 Å². The molecule has 1 aromatic rings. The van der Waals surface area contributed by atoms with Crippen LogP contribution < -0.4 is 11.1 Å². The largest absolute Gasteiger partial charge is 0.480 e. The standard InChI is InChI=1S/C19H23F3N4O4/c20-19(21,22)15(11-4-2-1-3-5-11)25-18(30)26-14(17(28)29)12(16(26)27)8-10-6-7-24-13(23)9-10/h6-7,9,11-12,14-15H,1-5,8H2,(H2,23,24)(H,25,30)(H,28,29)/t12-,14+,15+/m1/s1. The van der Waals surface area contributed by atoms with E-state index in [9.17, 15) is 32.7 Å². The van der Waals surface area contributed by atoms with E-state index in [2.05, 4.69) is 4.98 Å². The Bertz CT molecular complexity index is 826. The number of nitrogens with two attached hydrogens (primary N) is 1. The van der Waals surface area contributed by atoms with Crippen LogP contribution in [-0.2, 0) is 16.0 Å². The van der Waals surface area contributed by atoms with Gasteiger partial charge in [-0.25, -0.2) is 19.5 Å². The fourth-order valence-electron chi connectivity index (χ4n) is 4.27. The fraction of sp³-hybridized carbons (Fsp3) is 0.579. The highest BCUT2D eigenvalue weighted by molar-refractivity contribution is 6.07. The molecule has 11 heteroatoms. The Morgan fingerprint density at radius 1 is 1.30 bits per heavy atom. The molecule has 1 saturated heterocycles. The van der Waals surface area contributed by atoms with Gasteiger partial charge in [-0.05, 0) is 42.9 Å². The molecule has 1 saturated carbocycles. The summed E-state index contributed by atoms with van der Waals surface area (Å²) in [7, 11) is 0. The molecule has 0 aromatic carbocycles. The first-order valence-electron chi connectivity index (χ1n) is 9.73. The lowest BCUT2D eigenvalue weighted by atomic mass is 9.82. The maximum Gasteiger partial charge on any atom is 0.408 e. The minimum absolute atomic E-state index is 0.0162. The Morgan fingerprint density at radius 3 is 2.53 bits per heavy atom. The lowest BCUT2D eigenvalue weighted by molar-refractivity contribution is -0.172. The molecule has 1 aliphatic carbocycles. The van der Waals surface area contributed by atoms with Gasteiger partial charge in [-0.1, -0.05) is 19.3 Å². The number of carbonyl (C=O) groups excluding carboxylic acids is 2. The summed E-state index contributed by atoms with van der Waals surface area (Å²) >= 11 is 0. The van der Waals surface area contributed by atoms with Crippen LogP contribution in [0.5, 0.6) is 0 Å². The summed E-state index contributed by atoms with van der Waals surface area (Å²) in [4.78, 5) is 40.8. The number of hydrogen-bond donors (Lipinski definition) is 3. The van der Waals surface area contributed by atoms with Gasteiger partial charge >= 0.3 is 18.2 Å². The lowest BCUT2D eigenvalue weighted by Gasteiger charge is -2.44. The van der Waals surface area contributed by atoms with Crippen LogP contribution in [0.4, 0.5) is 23.8 Å². The molecule has 8 nitrogen and oxygen atoms in total. The van der Waals surface area contributed by atoms with E-state index in [1.807, 2.05) is 5.32 Å². The van der Waals surface area contributed by atoms with Crippen LogP contribution in [0.25, 0.3) is 0 Å². The molecule has 3 rings (SSSR count). The number of carboxylic acid groups (broad SMARTS) is 1. The molecule has 2 heterocycles. The maximum atomic E-state index is 13.6. The van der Waals surface area contributed by atoms with Crippen LogP contribution in [0.1, 0.15) is 37.7 Å². The number of nitrogens with zero attached hydrogens (tertiary/aromatic N) is 2. The number of halogens is 3. The molecule has 1 aliphatic heterocycles. The Morgan fingerprint density at radius 2 is 1.97 bits per heavy atom. The quantitative estimate of drug-likeness (QED) is 0.618. The Labute approximate surface area is 170 Å². The van der Waals surface area contributed by atoms with Crippen molar-refractivity contribution >= 4 is 23.7 Å². The van der Waals surface area contributed by atoms with Crippen LogP contribution in [0.2, 0.25) is 0 Å². The molecule has 0 radical (unpaired) electrons. The van der Waals surface area contributed by atoms with Gasteiger partial charge in [0.25, 0.3) is 0 Å². The van der Waals surface area contributed by atoms with E-state index in [0.29, 0.717) is 36.1 Å². The predicted molar refractivity (Wildman–Crippen MR) is 99.1 cm³/mol. The van der Waals surface area contributed by atoms with Gasteiger partial charge in [-0.15, -0.1) is 0 Å². The SMILES string of the molecule is Nc1cc(C[C@H]2C(=O)N(C(=O)N[C@@H](C3CCCCC3)C(F)(F)F)[C@@H]2C(=O)O)ccn1. The van der Waals surface area contributed by atoms with Crippen LogP contribution in [0.15, 0.2) is 18.3 Å². The van der Waals surface area contributed by atoms with Gasteiger partial charge in [-0.2, -0.15) is 13.2 Å². The molecule has 3 amide bonds. The van der Waals surface area contributed by atoms with Gasteiger partial charge in [0.2, 0.25) is 5.91 Å². The summed E-state index contributed by atoms with van der Waals surface area (Å²) in [6, 6.07) is -1.98. The van der Waals surface area contributed by atoms with E-state index in [1.165, 1.54) is 12.3 Å². The lowest BCUT2D eigenvalue weighted by Crippen LogP contribution is -2.70. The average Bonchev–Trinajstić information content (AvgIpc) is 2.67. The number of nitrogen functional groups attached to an aromatic ring is 1. The second-order valence-corrected chi connectivity index (χ2v) is 7.76. The number of aromatic nitrogens is 1. The van der Waals surface area contributed by atoms with Crippen LogP contribution in [0.3, 0.4) is 0 Å². The molecule has 0 spiro atoms. The molecule has 4 N–H and O–H groups in total. The molecular formula is C19H23F3N4O4. The number of nitrogens with one attached hydrogen (secondary N) is 1. The Hall–Kier alpha value is -2.85. The number of amides is 3. The highest BCUT2D eigenvalue weighted by atomic mass is 19.4. The minimum Gasteiger partial charge on any atom is -0.480 e. The summed E-state index contributed by atoms with van der Waals surface area (Å²) in [5, 5.41) is 11.4. The third kappa shape index (κ3) is 4.49. The summed E-state index contributed by atoms with van der Waals surface area (Å²) in [5.74, 6) is -3.98. The van der Waals surface area contributed by atoms with Gasteiger partial charge in [0, 0.05) is 6.20 Å². The number of anilines is 1. The number of imide groups is 1. The molecule has 2 fully saturated rings. The predicted octanol–water partition coefficient (Wildman–Crippen LogP) is 2.34. The number of likely N-dealkylation sites (tertiary alicyclic amines) is 1. The number of alkyl halides is 3. The van der Waals surface area contributed by atoms with E-state index in [4.69, 9.17) is 5.73 Å². The molecule has 0 unspecified atom stereocenters. The molecule has 1 aromatic heterocycles. The first-order valence-corrected chi connectivity index (χ1v) is 9.73. The molecule has 0 bridgehead atoms. The van der Waals surface area contributed by atoms with Crippen molar-refractivity contribution in [3.8, 4) is 0 Å². The van der Waals surface area contributed by atoms with E-state index < -0.39 is 48.0 Å². The number of β-lactam (4-membered cyclic amide) rings is 1. The Balaban J connectivity index is 1.74. The third-order valence-electron chi connectivity index (χ3n) is 5.74. The van der Waals surface area contributed by atoms with Crippen LogP contribution >= 0.6 is 0 Å². The number of carboxylic acids is 1. The summed E-state index contributed by atoms with van der Waals surface area (Å²) < 4.78 is 40.7. The van der Waals surface area contributed by atoms with E-state index in [0.717, 1.165) is 6.42 Å². The number of rotatable bonds is 5. The Kier molecular flexibility index (Phi) is 6.18. The second kappa shape index (κ2) is 8.49. The highest BCUT2D eigenvalue weighted by Gasteiger charge is 2.56. The van der Waals surface area contributed by atoms with Crippen molar-refractivity contribution in [1.29, 1.82) is 0 Å². The molecule has 2 aliphatic rings. The number of pyridine rings is 1. The number of carbonyl (C=O) groups is 3. The third-order valence-corrected chi connectivity index (χ3v) is 5.74. The van der Waals surface area contributed by atoms with Gasteiger partial charge < -0.3 is 16.2 Å².